The number of unbranched alkanes of at least 4 members (excludes halogenated alkanes) is 2. The fourth-order valence-corrected chi connectivity index (χ4v) is 6.07. The van der Waals surface area contributed by atoms with Crippen molar-refractivity contribution >= 4 is 40.3 Å². The van der Waals surface area contributed by atoms with E-state index >= 15 is 0 Å². The van der Waals surface area contributed by atoms with Gasteiger partial charge in [0.25, 0.3) is 11.8 Å². The molecule has 1 aromatic carbocycles. The van der Waals surface area contributed by atoms with Crippen LogP contribution in [0.15, 0.2) is 34.9 Å². The molecule has 0 N–H and O–H groups in total. The number of aromatic nitrogens is 1. The van der Waals surface area contributed by atoms with Crippen LogP contribution in [0.5, 0.6) is 11.5 Å². The zero-order valence-corrected chi connectivity index (χ0v) is 28.8. The molecule has 0 saturated heterocycles. The molecule has 242 valence electrons. The molecule has 0 spiro atoms. The molecule has 10 nitrogen and oxygen atoms in total. The predicted molar refractivity (Wildman–Crippen MR) is 178 cm³/mol. The third-order valence-corrected chi connectivity index (χ3v) is 8.62. The number of rotatable bonds is 13. The molecular formula is C34H45N5O5S. The second-order valence-corrected chi connectivity index (χ2v) is 12.8. The Morgan fingerprint density at radius 1 is 1.04 bits per heavy atom. The number of ether oxygens (including phenoxy) is 2. The van der Waals surface area contributed by atoms with Crippen LogP contribution in [-0.2, 0) is 14.4 Å². The summed E-state index contributed by atoms with van der Waals surface area (Å²) in [5.74, 6) is -0.825. The Balaban J connectivity index is 2.35. The number of amides is 3. The molecule has 3 rings (SSSR count). The zero-order chi connectivity index (χ0) is 33.5. The second-order valence-electron chi connectivity index (χ2n) is 11.8. The number of methoxy groups -OCH3 is 2. The molecule has 0 atom stereocenters. The lowest BCUT2D eigenvalue weighted by molar-refractivity contribution is -0.173. The third-order valence-electron chi connectivity index (χ3n) is 7.55. The Bertz CT molecular complexity index is 1500. The highest BCUT2D eigenvalue weighted by Gasteiger charge is 2.43. The van der Waals surface area contributed by atoms with Crippen LogP contribution in [0.2, 0.25) is 0 Å². The summed E-state index contributed by atoms with van der Waals surface area (Å²) in [6.45, 7) is 14.4. The number of benzene rings is 1. The number of anilines is 1. The quantitative estimate of drug-likeness (QED) is 0.178. The van der Waals surface area contributed by atoms with E-state index in [-0.39, 0.29) is 23.3 Å². The number of hydrazine groups is 1. The summed E-state index contributed by atoms with van der Waals surface area (Å²) in [6.07, 6.45) is 5.70. The first-order chi connectivity index (χ1) is 21.4. The van der Waals surface area contributed by atoms with Gasteiger partial charge < -0.3 is 14.4 Å². The van der Waals surface area contributed by atoms with E-state index in [2.05, 4.69) is 18.7 Å². The van der Waals surface area contributed by atoms with Crippen molar-refractivity contribution in [2.75, 3.05) is 38.8 Å². The predicted octanol–water partition coefficient (Wildman–Crippen LogP) is 6.64. The number of carbonyl (C=O) groups excluding carboxylic acids is 3. The lowest BCUT2D eigenvalue weighted by atomic mass is 9.93. The van der Waals surface area contributed by atoms with Gasteiger partial charge in [0.05, 0.1) is 30.4 Å². The number of imide groups is 1. The number of hydrogen-bond donors (Lipinski definition) is 0. The molecule has 11 heteroatoms. The number of hydrogen-bond acceptors (Lipinski definition) is 9. The number of thiazole rings is 1. The van der Waals surface area contributed by atoms with Crippen LogP contribution in [0.25, 0.3) is 17.3 Å². The molecule has 0 radical (unpaired) electrons. The van der Waals surface area contributed by atoms with Gasteiger partial charge in [0.2, 0.25) is 5.91 Å². The van der Waals surface area contributed by atoms with Gasteiger partial charge in [-0.05, 0) is 50.5 Å². The molecule has 0 aliphatic carbocycles. The zero-order valence-electron chi connectivity index (χ0n) is 27.9. The van der Waals surface area contributed by atoms with Gasteiger partial charge in [0.15, 0.2) is 5.13 Å². The first-order valence-corrected chi connectivity index (χ1v) is 16.2. The van der Waals surface area contributed by atoms with Gasteiger partial charge in [-0.1, -0.05) is 64.9 Å². The molecule has 2 heterocycles. The van der Waals surface area contributed by atoms with E-state index in [1.54, 1.807) is 54.9 Å². The molecule has 0 bridgehead atoms. The van der Waals surface area contributed by atoms with Crippen molar-refractivity contribution in [2.24, 2.45) is 5.41 Å². The Labute approximate surface area is 270 Å². The smallest absolute Gasteiger partial charge is 0.290 e. The summed E-state index contributed by atoms with van der Waals surface area (Å²) >= 11 is 1.42. The van der Waals surface area contributed by atoms with Gasteiger partial charge in [-0.2, -0.15) is 10.3 Å². The van der Waals surface area contributed by atoms with Crippen molar-refractivity contribution in [1.29, 1.82) is 5.26 Å². The first-order valence-electron chi connectivity index (χ1n) is 15.4. The topological polar surface area (TPSA) is 116 Å². The Hall–Kier alpha value is -4.17. The molecule has 0 fully saturated rings. The van der Waals surface area contributed by atoms with E-state index in [0.717, 1.165) is 53.9 Å². The van der Waals surface area contributed by atoms with E-state index in [1.807, 2.05) is 24.3 Å². The SMILES string of the molecule is CCCCN(CCCC)c1nc(-c2c(OC)cccc2OC)c(/C=C2\C(=O)N(N(CC)C(=O)C(C)(C)C)C(=O)C(C#N)=C2C)s1. The Morgan fingerprint density at radius 2 is 1.62 bits per heavy atom. The summed E-state index contributed by atoms with van der Waals surface area (Å²) in [5.41, 5.74) is 0.476. The summed E-state index contributed by atoms with van der Waals surface area (Å²) in [6, 6.07) is 7.45. The highest BCUT2D eigenvalue weighted by Crippen LogP contribution is 2.44. The molecule has 3 amide bonds. The fraction of sp³-hybridized carbons (Fsp3) is 0.500. The van der Waals surface area contributed by atoms with E-state index in [1.165, 1.54) is 11.3 Å². The molecule has 1 aliphatic heterocycles. The van der Waals surface area contributed by atoms with E-state index in [4.69, 9.17) is 14.5 Å². The van der Waals surface area contributed by atoms with Crippen LogP contribution in [0.4, 0.5) is 5.13 Å². The minimum atomic E-state index is -0.871. The van der Waals surface area contributed by atoms with Crippen molar-refractivity contribution in [3.63, 3.8) is 0 Å². The van der Waals surface area contributed by atoms with Crippen molar-refractivity contribution in [1.82, 2.24) is 15.0 Å². The van der Waals surface area contributed by atoms with Crippen molar-refractivity contribution in [2.45, 2.75) is 74.1 Å². The van der Waals surface area contributed by atoms with E-state index < -0.39 is 23.1 Å². The molecule has 0 saturated carbocycles. The monoisotopic (exact) mass is 635 g/mol. The Kier molecular flexibility index (Phi) is 11.9. The molecule has 0 unspecified atom stereocenters. The maximum atomic E-state index is 14.2. The minimum Gasteiger partial charge on any atom is -0.496 e. The molecule has 1 aromatic heterocycles. The summed E-state index contributed by atoms with van der Waals surface area (Å²) in [7, 11) is 3.15. The average molecular weight is 636 g/mol. The normalized spacial score (nSPS) is 14.6. The molecule has 1 aliphatic rings. The molecule has 45 heavy (non-hydrogen) atoms. The second kappa shape index (κ2) is 15.2. The lowest BCUT2D eigenvalue weighted by Crippen LogP contribution is -2.57. The van der Waals surface area contributed by atoms with Crippen molar-refractivity contribution < 1.29 is 23.9 Å². The standard InChI is InChI=1S/C34H45N5O5S/c1-10-13-18-37(19-14-11-2)33-36-29(28-25(43-8)16-15-17-26(28)44-9)27(45-33)20-23-22(4)24(21-35)31(41)39(30(23)40)38(12-3)32(42)34(5,6)7/h15-17,20H,10-14,18-19H2,1-9H3/b23-20-. The average Bonchev–Trinajstić information content (AvgIpc) is 3.43. The number of carbonyl (C=O) groups is 3. The van der Waals surface area contributed by atoms with Crippen LogP contribution in [0, 0.1) is 16.7 Å². The maximum absolute atomic E-state index is 14.2. The first kappa shape index (κ1) is 35.3. The molecule has 2 aromatic rings. The summed E-state index contributed by atoms with van der Waals surface area (Å²) < 4.78 is 11.5. The summed E-state index contributed by atoms with van der Waals surface area (Å²) in [5, 5.41) is 12.8. The van der Waals surface area contributed by atoms with E-state index in [9.17, 15) is 19.6 Å². The van der Waals surface area contributed by atoms with Crippen LogP contribution in [0.3, 0.4) is 0 Å². The maximum Gasteiger partial charge on any atom is 0.290 e. The van der Waals surface area contributed by atoms with Crippen LogP contribution < -0.4 is 14.4 Å². The van der Waals surface area contributed by atoms with Crippen LogP contribution in [0.1, 0.15) is 79.0 Å². The highest BCUT2D eigenvalue weighted by atomic mass is 32.1. The number of nitriles is 1. The van der Waals surface area contributed by atoms with Gasteiger partial charge >= 0.3 is 0 Å². The molecular weight excluding hydrogens is 590 g/mol. The van der Waals surface area contributed by atoms with Gasteiger partial charge in [0.1, 0.15) is 23.1 Å². The van der Waals surface area contributed by atoms with Crippen molar-refractivity contribution in [3.8, 4) is 28.8 Å². The lowest BCUT2D eigenvalue weighted by Gasteiger charge is -2.38. The van der Waals surface area contributed by atoms with Crippen LogP contribution >= 0.6 is 11.3 Å². The van der Waals surface area contributed by atoms with Crippen molar-refractivity contribution in [3.05, 3.63) is 39.8 Å². The van der Waals surface area contributed by atoms with Crippen LogP contribution in [-0.4, -0.2) is 66.6 Å². The summed E-state index contributed by atoms with van der Waals surface area (Å²) in [4.78, 5) is 49.1. The Morgan fingerprint density at radius 3 is 2.09 bits per heavy atom. The van der Waals surface area contributed by atoms with Gasteiger partial charge in [-0.15, -0.1) is 0 Å². The van der Waals surface area contributed by atoms with E-state index in [0.29, 0.717) is 27.6 Å². The van der Waals surface area contributed by atoms with Gasteiger partial charge in [0, 0.05) is 30.6 Å². The highest BCUT2D eigenvalue weighted by molar-refractivity contribution is 7.17. The fourth-order valence-electron chi connectivity index (χ4n) is 5.00. The largest absolute Gasteiger partial charge is 0.496 e. The minimum absolute atomic E-state index is 0.0663. The number of nitrogens with zero attached hydrogens (tertiary/aromatic N) is 5. The van der Waals surface area contributed by atoms with Gasteiger partial charge in [-0.3, -0.25) is 14.4 Å². The van der Waals surface area contributed by atoms with Gasteiger partial charge in [-0.25, -0.2) is 9.99 Å². The third kappa shape index (κ3) is 7.39.